The molecular weight excluding hydrogens is 292 g/mol. The van der Waals surface area contributed by atoms with E-state index >= 15 is 0 Å². The van der Waals surface area contributed by atoms with Crippen LogP contribution in [0.1, 0.15) is 36.2 Å². The van der Waals surface area contributed by atoms with Crippen LogP contribution in [0.5, 0.6) is 0 Å². The minimum absolute atomic E-state index is 0.123. The number of aromatic nitrogens is 3. The van der Waals surface area contributed by atoms with E-state index in [1.54, 1.807) is 36.8 Å². The minimum atomic E-state index is -0.190. The molecule has 0 aliphatic heterocycles. The molecule has 2 aromatic rings. The molecule has 120 valence electrons. The van der Waals surface area contributed by atoms with Crippen LogP contribution in [0.15, 0.2) is 36.8 Å². The van der Waals surface area contributed by atoms with Gasteiger partial charge in [-0.25, -0.2) is 9.97 Å². The number of nitrogens with one attached hydrogen (secondary N) is 2. The van der Waals surface area contributed by atoms with E-state index in [2.05, 4.69) is 25.6 Å². The Hall–Kier alpha value is -2.54. The fourth-order valence-corrected chi connectivity index (χ4v) is 2.73. The van der Waals surface area contributed by atoms with Crippen molar-refractivity contribution in [1.82, 2.24) is 20.3 Å². The molecule has 3 rings (SSSR count). The highest BCUT2D eigenvalue weighted by atomic mass is 16.1. The predicted octanol–water partition coefficient (Wildman–Crippen LogP) is 1.61. The van der Waals surface area contributed by atoms with E-state index < -0.39 is 0 Å². The molecule has 0 spiro atoms. The molecule has 1 aliphatic carbocycles. The standard InChI is InChI=1S/C16H20N6O/c17-11-2-1-3-13(10-11)20-15(23)14-6-9-19-16(22-14)21-12-4-7-18-8-5-12/h4-9,11,13H,1-3,10,17H2,(H,20,23)(H,18,19,21,22). The van der Waals surface area contributed by atoms with Gasteiger partial charge in [0.25, 0.3) is 5.91 Å². The molecule has 2 unspecified atom stereocenters. The van der Waals surface area contributed by atoms with Crippen LogP contribution < -0.4 is 16.4 Å². The van der Waals surface area contributed by atoms with Gasteiger partial charge in [0.15, 0.2) is 0 Å². The fraction of sp³-hybridized carbons (Fsp3) is 0.375. The average molecular weight is 312 g/mol. The number of rotatable bonds is 4. The summed E-state index contributed by atoms with van der Waals surface area (Å²) < 4.78 is 0. The van der Waals surface area contributed by atoms with Gasteiger partial charge in [0.05, 0.1) is 0 Å². The summed E-state index contributed by atoms with van der Waals surface area (Å²) in [6.07, 6.45) is 8.77. The summed E-state index contributed by atoms with van der Waals surface area (Å²) in [5.74, 6) is 0.188. The monoisotopic (exact) mass is 312 g/mol. The summed E-state index contributed by atoms with van der Waals surface area (Å²) in [6.45, 7) is 0. The highest BCUT2D eigenvalue weighted by Gasteiger charge is 2.21. The highest BCUT2D eigenvalue weighted by molar-refractivity contribution is 5.92. The number of carbonyl (C=O) groups is 1. The van der Waals surface area contributed by atoms with Crippen LogP contribution in [0.25, 0.3) is 0 Å². The molecule has 0 saturated heterocycles. The van der Waals surface area contributed by atoms with Crippen molar-refractivity contribution in [3.63, 3.8) is 0 Å². The van der Waals surface area contributed by atoms with Gasteiger partial charge in [-0.2, -0.15) is 0 Å². The zero-order valence-electron chi connectivity index (χ0n) is 12.8. The smallest absolute Gasteiger partial charge is 0.270 e. The Morgan fingerprint density at radius 2 is 2.00 bits per heavy atom. The van der Waals surface area contributed by atoms with Gasteiger partial charge < -0.3 is 16.4 Å². The van der Waals surface area contributed by atoms with Crippen molar-refractivity contribution in [2.45, 2.75) is 37.8 Å². The van der Waals surface area contributed by atoms with Gasteiger partial charge in [0, 0.05) is 36.4 Å². The number of carbonyl (C=O) groups excluding carboxylic acids is 1. The molecule has 0 bridgehead atoms. The molecule has 0 aromatic carbocycles. The zero-order chi connectivity index (χ0) is 16.1. The second-order valence-electron chi connectivity index (χ2n) is 5.72. The number of anilines is 2. The Morgan fingerprint density at radius 1 is 1.17 bits per heavy atom. The molecule has 7 heteroatoms. The molecule has 23 heavy (non-hydrogen) atoms. The van der Waals surface area contributed by atoms with Gasteiger partial charge in [0.2, 0.25) is 5.95 Å². The molecule has 7 nitrogen and oxygen atoms in total. The van der Waals surface area contributed by atoms with Crippen molar-refractivity contribution >= 4 is 17.5 Å². The topological polar surface area (TPSA) is 106 Å². The normalized spacial score (nSPS) is 20.7. The number of nitrogens with zero attached hydrogens (tertiary/aromatic N) is 3. The average Bonchev–Trinajstić information content (AvgIpc) is 2.56. The summed E-state index contributed by atoms with van der Waals surface area (Å²) in [4.78, 5) is 24.7. The molecular formula is C16H20N6O. The van der Waals surface area contributed by atoms with E-state index in [4.69, 9.17) is 5.73 Å². The predicted molar refractivity (Wildman–Crippen MR) is 87.2 cm³/mol. The Balaban J connectivity index is 1.65. The van der Waals surface area contributed by atoms with Crippen LogP contribution in [0.4, 0.5) is 11.6 Å². The van der Waals surface area contributed by atoms with Crippen molar-refractivity contribution in [2.75, 3.05) is 5.32 Å². The Bertz CT molecular complexity index is 663. The molecule has 1 fully saturated rings. The Morgan fingerprint density at radius 3 is 2.78 bits per heavy atom. The largest absolute Gasteiger partial charge is 0.348 e. The van der Waals surface area contributed by atoms with Crippen LogP contribution in [0, 0.1) is 0 Å². The molecule has 1 aliphatic rings. The Kier molecular flexibility index (Phi) is 4.77. The third kappa shape index (κ3) is 4.23. The van der Waals surface area contributed by atoms with E-state index in [1.807, 2.05) is 0 Å². The molecule has 2 heterocycles. The number of hydrogen-bond acceptors (Lipinski definition) is 6. The highest BCUT2D eigenvalue weighted by Crippen LogP contribution is 2.17. The first-order valence-corrected chi connectivity index (χ1v) is 7.77. The fourth-order valence-electron chi connectivity index (χ4n) is 2.73. The quantitative estimate of drug-likeness (QED) is 0.792. The maximum absolute atomic E-state index is 12.3. The lowest BCUT2D eigenvalue weighted by Gasteiger charge is -2.27. The van der Waals surface area contributed by atoms with Crippen molar-refractivity contribution < 1.29 is 4.79 Å². The molecule has 2 aromatic heterocycles. The van der Waals surface area contributed by atoms with Gasteiger partial charge in [-0.15, -0.1) is 0 Å². The molecule has 0 radical (unpaired) electrons. The number of amides is 1. The summed E-state index contributed by atoms with van der Waals surface area (Å²) in [6, 6.07) is 5.51. The third-order valence-electron chi connectivity index (χ3n) is 3.87. The lowest BCUT2D eigenvalue weighted by molar-refractivity contribution is 0.0920. The minimum Gasteiger partial charge on any atom is -0.348 e. The van der Waals surface area contributed by atoms with Gasteiger partial charge in [-0.05, 0) is 43.9 Å². The van der Waals surface area contributed by atoms with E-state index in [1.165, 1.54) is 0 Å². The maximum atomic E-state index is 12.3. The number of pyridine rings is 1. The van der Waals surface area contributed by atoms with Crippen molar-refractivity contribution in [3.05, 3.63) is 42.5 Å². The number of hydrogen-bond donors (Lipinski definition) is 3. The first kappa shape index (κ1) is 15.4. The van der Waals surface area contributed by atoms with Gasteiger partial charge in [-0.1, -0.05) is 0 Å². The zero-order valence-corrected chi connectivity index (χ0v) is 12.8. The van der Waals surface area contributed by atoms with Crippen LogP contribution in [0.2, 0.25) is 0 Å². The number of nitrogens with two attached hydrogens (primary N) is 1. The van der Waals surface area contributed by atoms with E-state index in [0.717, 1.165) is 31.4 Å². The maximum Gasteiger partial charge on any atom is 0.270 e. The lowest BCUT2D eigenvalue weighted by Crippen LogP contribution is -2.42. The molecule has 4 N–H and O–H groups in total. The van der Waals surface area contributed by atoms with Crippen LogP contribution >= 0.6 is 0 Å². The van der Waals surface area contributed by atoms with E-state index in [9.17, 15) is 4.79 Å². The summed E-state index contributed by atoms with van der Waals surface area (Å²) in [5, 5.41) is 6.06. The second kappa shape index (κ2) is 7.15. The SMILES string of the molecule is NC1CCCC(NC(=O)c2ccnc(Nc3ccncc3)n2)C1. The van der Waals surface area contributed by atoms with Crippen molar-refractivity contribution in [2.24, 2.45) is 5.73 Å². The van der Waals surface area contributed by atoms with E-state index in [-0.39, 0.29) is 18.0 Å². The molecule has 1 saturated carbocycles. The van der Waals surface area contributed by atoms with E-state index in [0.29, 0.717) is 11.6 Å². The van der Waals surface area contributed by atoms with Crippen LogP contribution in [-0.4, -0.2) is 32.9 Å². The van der Waals surface area contributed by atoms with Crippen molar-refractivity contribution in [3.8, 4) is 0 Å². The van der Waals surface area contributed by atoms with Crippen LogP contribution in [0.3, 0.4) is 0 Å². The van der Waals surface area contributed by atoms with Crippen LogP contribution in [-0.2, 0) is 0 Å². The summed E-state index contributed by atoms with van der Waals surface area (Å²) in [7, 11) is 0. The second-order valence-corrected chi connectivity index (χ2v) is 5.72. The molecule has 1 amide bonds. The summed E-state index contributed by atoms with van der Waals surface area (Å²) >= 11 is 0. The van der Waals surface area contributed by atoms with Gasteiger partial charge in [-0.3, -0.25) is 9.78 Å². The van der Waals surface area contributed by atoms with Crippen molar-refractivity contribution in [1.29, 1.82) is 0 Å². The Labute approximate surface area is 134 Å². The first-order chi connectivity index (χ1) is 11.2. The van der Waals surface area contributed by atoms with Gasteiger partial charge >= 0.3 is 0 Å². The third-order valence-corrected chi connectivity index (χ3v) is 3.87. The van der Waals surface area contributed by atoms with Gasteiger partial charge in [0.1, 0.15) is 5.69 Å². The lowest BCUT2D eigenvalue weighted by atomic mass is 9.91. The summed E-state index contributed by atoms with van der Waals surface area (Å²) in [5.41, 5.74) is 7.12. The molecule has 2 atom stereocenters. The first-order valence-electron chi connectivity index (χ1n) is 7.77.